The number of rotatable bonds is 6. The van der Waals surface area contributed by atoms with Crippen LogP contribution in [-0.2, 0) is 33.3 Å². The van der Waals surface area contributed by atoms with Gasteiger partial charge in [-0.1, -0.05) is 38.8 Å². The predicted molar refractivity (Wildman–Crippen MR) is 101 cm³/mol. The van der Waals surface area contributed by atoms with E-state index in [-0.39, 0.29) is 0 Å². The number of fused-ring (bicyclic) bond motifs is 2. The minimum Gasteiger partial charge on any atom is -0.481 e. The summed E-state index contributed by atoms with van der Waals surface area (Å²) in [4.78, 5) is 24.5. The lowest BCUT2D eigenvalue weighted by Crippen LogP contribution is -2.42. The molecule has 2 aliphatic rings. The largest absolute Gasteiger partial charge is 0.481 e. The highest BCUT2D eigenvalue weighted by Crippen LogP contribution is 2.47. The number of aryl methyl sites for hydroxylation is 2. The Morgan fingerprint density at radius 1 is 0.846 bits per heavy atom. The van der Waals surface area contributed by atoms with Crippen molar-refractivity contribution in [2.24, 2.45) is 0 Å². The Kier molecular flexibility index (Phi) is 5.14. The quantitative estimate of drug-likeness (QED) is 0.779. The summed E-state index contributed by atoms with van der Waals surface area (Å²) in [6, 6.07) is 4.14. The second-order valence-electron chi connectivity index (χ2n) is 8.15. The van der Waals surface area contributed by atoms with Gasteiger partial charge in [-0.15, -0.1) is 0 Å². The van der Waals surface area contributed by atoms with Gasteiger partial charge >= 0.3 is 11.9 Å². The molecule has 1 aromatic rings. The minimum absolute atomic E-state index is 0.646. The van der Waals surface area contributed by atoms with Gasteiger partial charge in [-0.2, -0.15) is 0 Å². The normalized spacial score (nSPS) is 27.5. The minimum atomic E-state index is -0.800. The molecule has 0 radical (unpaired) electrons. The zero-order valence-electron chi connectivity index (χ0n) is 15.9. The van der Waals surface area contributed by atoms with Gasteiger partial charge in [-0.05, 0) is 73.6 Å². The van der Waals surface area contributed by atoms with Gasteiger partial charge in [0.15, 0.2) is 0 Å². The summed E-state index contributed by atoms with van der Waals surface area (Å²) in [6.45, 7) is 4.07. The molecule has 4 nitrogen and oxygen atoms in total. The summed E-state index contributed by atoms with van der Waals surface area (Å²) in [5, 5.41) is 20.1. The lowest BCUT2D eigenvalue weighted by Gasteiger charge is -2.40. The van der Waals surface area contributed by atoms with Crippen LogP contribution >= 0.6 is 0 Å². The van der Waals surface area contributed by atoms with Gasteiger partial charge in [0, 0.05) is 0 Å². The SMILES string of the molecule is CCC[C@@]1(C(=O)O)CCCc2cc3c(cc21)CCC[C@@]3(CCC)C(=O)O. The monoisotopic (exact) mass is 358 g/mol. The van der Waals surface area contributed by atoms with Crippen molar-refractivity contribution in [1.82, 2.24) is 0 Å². The van der Waals surface area contributed by atoms with E-state index in [9.17, 15) is 19.8 Å². The molecular formula is C22H30O4. The first-order valence-corrected chi connectivity index (χ1v) is 10.0. The van der Waals surface area contributed by atoms with E-state index < -0.39 is 22.8 Å². The van der Waals surface area contributed by atoms with Crippen molar-refractivity contribution < 1.29 is 19.8 Å². The van der Waals surface area contributed by atoms with Gasteiger partial charge in [0.05, 0.1) is 10.8 Å². The van der Waals surface area contributed by atoms with Crippen molar-refractivity contribution in [1.29, 1.82) is 0 Å². The van der Waals surface area contributed by atoms with E-state index in [1.807, 2.05) is 13.8 Å². The third-order valence-corrected chi connectivity index (χ3v) is 6.63. The van der Waals surface area contributed by atoms with Gasteiger partial charge < -0.3 is 10.2 Å². The smallest absolute Gasteiger partial charge is 0.314 e. The highest BCUT2D eigenvalue weighted by Gasteiger charge is 2.47. The predicted octanol–water partition coefficient (Wildman–Crippen LogP) is 4.60. The molecule has 2 aliphatic carbocycles. The number of aliphatic carboxylic acids is 2. The second kappa shape index (κ2) is 7.05. The van der Waals surface area contributed by atoms with E-state index in [2.05, 4.69) is 12.1 Å². The average Bonchev–Trinajstić information content (AvgIpc) is 2.61. The van der Waals surface area contributed by atoms with Crippen molar-refractivity contribution in [3.05, 3.63) is 34.4 Å². The summed E-state index contributed by atoms with van der Waals surface area (Å²) in [6.07, 6.45) is 7.72. The zero-order chi connectivity index (χ0) is 18.9. The van der Waals surface area contributed by atoms with E-state index >= 15 is 0 Å². The molecule has 2 N–H and O–H groups in total. The summed E-state index contributed by atoms with van der Waals surface area (Å²) in [7, 11) is 0. The summed E-state index contributed by atoms with van der Waals surface area (Å²) < 4.78 is 0. The molecule has 0 aliphatic heterocycles. The van der Waals surface area contributed by atoms with Crippen LogP contribution in [0.4, 0.5) is 0 Å². The van der Waals surface area contributed by atoms with E-state index in [0.29, 0.717) is 25.7 Å². The van der Waals surface area contributed by atoms with Gasteiger partial charge in [-0.3, -0.25) is 9.59 Å². The molecule has 0 unspecified atom stereocenters. The molecule has 0 heterocycles. The van der Waals surface area contributed by atoms with Crippen LogP contribution in [0.5, 0.6) is 0 Å². The molecule has 3 rings (SSSR count). The Hall–Kier alpha value is -1.84. The standard InChI is InChI=1S/C22H30O4/c1-3-9-21(19(23)24)11-5-7-15-14-18-16(13-17(15)21)8-6-12-22(18,10-4-2)20(25)26/h13-14H,3-12H2,1-2H3,(H,23,24)(H,25,26)/t21-,22-/m1/s1. The van der Waals surface area contributed by atoms with Crippen molar-refractivity contribution in [2.45, 2.75) is 88.9 Å². The number of hydrogen-bond acceptors (Lipinski definition) is 2. The zero-order valence-corrected chi connectivity index (χ0v) is 15.9. The van der Waals surface area contributed by atoms with Crippen LogP contribution in [0.3, 0.4) is 0 Å². The first kappa shape index (κ1) is 18.9. The highest BCUT2D eigenvalue weighted by molar-refractivity contribution is 5.85. The summed E-state index contributed by atoms with van der Waals surface area (Å²) >= 11 is 0. The number of carboxylic acids is 2. The van der Waals surface area contributed by atoms with Crippen LogP contribution in [-0.4, -0.2) is 22.2 Å². The van der Waals surface area contributed by atoms with Gasteiger partial charge in [0.25, 0.3) is 0 Å². The molecular weight excluding hydrogens is 328 g/mol. The highest BCUT2D eigenvalue weighted by atomic mass is 16.4. The van der Waals surface area contributed by atoms with E-state index in [1.54, 1.807) is 0 Å². The molecule has 0 aromatic heterocycles. The summed E-state index contributed by atoms with van der Waals surface area (Å²) in [5.41, 5.74) is 2.43. The molecule has 2 atom stereocenters. The molecule has 0 bridgehead atoms. The van der Waals surface area contributed by atoms with Crippen LogP contribution in [0.25, 0.3) is 0 Å². The molecule has 0 spiro atoms. The average molecular weight is 358 g/mol. The van der Waals surface area contributed by atoms with Crippen molar-refractivity contribution in [3.8, 4) is 0 Å². The van der Waals surface area contributed by atoms with Crippen LogP contribution in [0.1, 0.15) is 87.5 Å². The first-order chi connectivity index (χ1) is 12.4. The van der Waals surface area contributed by atoms with Gasteiger partial charge in [0.1, 0.15) is 0 Å². The van der Waals surface area contributed by atoms with Crippen molar-refractivity contribution in [2.75, 3.05) is 0 Å². The fourth-order valence-corrected chi connectivity index (χ4v) is 5.46. The van der Waals surface area contributed by atoms with Gasteiger partial charge in [0.2, 0.25) is 0 Å². The second-order valence-corrected chi connectivity index (χ2v) is 8.15. The number of carbonyl (C=O) groups is 2. The molecule has 0 amide bonds. The van der Waals surface area contributed by atoms with Crippen molar-refractivity contribution >= 4 is 11.9 Å². The molecule has 0 fully saturated rings. The third kappa shape index (κ3) is 2.74. The molecule has 1 aromatic carbocycles. The van der Waals surface area contributed by atoms with E-state index in [4.69, 9.17) is 0 Å². The fraction of sp³-hybridized carbons (Fsp3) is 0.636. The van der Waals surface area contributed by atoms with Crippen LogP contribution in [0.15, 0.2) is 12.1 Å². The van der Waals surface area contributed by atoms with Crippen LogP contribution in [0.2, 0.25) is 0 Å². The van der Waals surface area contributed by atoms with Crippen LogP contribution < -0.4 is 0 Å². The Bertz CT molecular complexity index is 661. The van der Waals surface area contributed by atoms with Crippen LogP contribution in [0, 0.1) is 0 Å². The van der Waals surface area contributed by atoms with E-state index in [1.165, 1.54) is 0 Å². The Balaban J connectivity index is 2.20. The molecule has 26 heavy (non-hydrogen) atoms. The molecule has 0 saturated carbocycles. The maximum Gasteiger partial charge on any atom is 0.314 e. The number of benzene rings is 1. The molecule has 4 heteroatoms. The Labute approximate surface area is 155 Å². The number of hydrogen-bond donors (Lipinski definition) is 2. The molecule has 142 valence electrons. The topological polar surface area (TPSA) is 74.6 Å². The lowest BCUT2D eigenvalue weighted by molar-refractivity contribution is -0.146. The van der Waals surface area contributed by atoms with Gasteiger partial charge in [-0.25, -0.2) is 0 Å². The maximum atomic E-state index is 12.2. The van der Waals surface area contributed by atoms with E-state index in [0.717, 1.165) is 60.8 Å². The maximum absolute atomic E-state index is 12.2. The lowest BCUT2D eigenvalue weighted by atomic mass is 9.62. The first-order valence-electron chi connectivity index (χ1n) is 10.0. The Morgan fingerprint density at radius 3 is 1.54 bits per heavy atom. The third-order valence-electron chi connectivity index (χ3n) is 6.63. The Morgan fingerprint density at radius 2 is 1.23 bits per heavy atom. The summed E-state index contributed by atoms with van der Waals surface area (Å²) in [5.74, 6) is -1.46. The molecule has 0 saturated heterocycles. The fourth-order valence-electron chi connectivity index (χ4n) is 5.46. The number of carboxylic acid groups (broad SMARTS) is 2. The van der Waals surface area contributed by atoms with Crippen molar-refractivity contribution in [3.63, 3.8) is 0 Å².